The molecule has 3 N–H and O–H groups in total. The molecular formula is C7H13NO5. The normalized spacial score (nSPS) is 11.8. The predicted molar refractivity (Wildman–Crippen MR) is 43.3 cm³/mol. The highest BCUT2D eigenvalue weighted by molar-refractivity contribution is 5.79. The van der Waals surface area contributed by atoms with Crippen LogP contribution < -0.4 is 5.32 Å². The Morgan fingerprint density at radius 2 is 2.15 bits per heavy atom. The molecule has 6 nitrogen and oxygen atoms in total. The molecule has 0 fully saturated rings. The molecule has 0 aromatic carbocycles. The molecule has 0 heterocycles. The van der Waals surface area contributed by atoms with Crippen LogP contribution in [0.1, 0.15) is 13.3 Å². The van der Waals surface area contributed by atoms with Crippen LogP contribution in [-0.4, -0.2) is 41.5 Å². The van der Waals surface area contributed by atoms with Crippen LogP contribution in [0.5, 0.6) is 0 Å². The van der Waals surface area contributed by atoms with Crippen molar-refractivity contribution in [2.75, 3.05) is 13.2 Å². The Bertz CT molecular complexity index is 182. The van der Waals surface area contributed by atoms with Gasteiger partial charge in [-0.15, -0.1) is 0 Å². The SMILES string of the molecule is CCOC(=O)N[C@@H](CCO)C(=O)O. The number of carbonyl (C=O) groups is 2. The quantitative estimate of drug-likeness (QED) is 0.548. The monoisotopic (exact) mass is 191 g/mol. The number of carbonyl (C=O) groups excluding carboxylic acids is 1. The van der Waals surface area contributed by atoms with Gasteiger partial charge < -0.3 is 20.3 Å². The van der Waals surface area contributed by atoms with E-state index in [1.54, 1.807) is 6.92 Å². The summed E-state index contributed by atoms with van der Waals surface area (Å²) in [6.45, 7) is 1.49. The maximum absolute atomic E-state index is 10.8. The summed E-state index contributed by atoms with van der Waals surface area (Å²) in [5.74, 6) is -1.19. The number of amides is 1. The number of alkyl carbamates (subject to hydrolysis) is 1. The van der Waals surface area contributed by atoms with E-state index < -0.39 is 18.1 Å². The largest absolute Gasteiger partial charge is 0.480 e. The molecular weight excluding hydrogens is 178 g/mol. The molecule has 1 atom stereocenters. The number of hydrogen-bond acceptors (Lipinski definition) is 4. The summed E-state index contributed by atoms with van der Waals surface area (Å²) in [7, 11) is 0. The Labute approximate surface area is 75.5 Å². The molecule has 0 aliphatic carbocycles. The van der Waals surface area contributed by atoms with Crippen LogP contribution in [0.2, 0.25) is 0 Å². The van der Waals surface area contributed by atoms with E-state index in [9.17, 15) is 9.59 Å². The maximum atomic E-state index is 10.8. The molecule has 0 rings (SSSR count). The fourth-order valence-electron chi connectivity index (χ4n) is 0.702. The lowest BCUT2D eigenvalue weighted by Crippen LogP contribution is -2.41. The second-order valence-corrected chi connectivity index (χ2v) is 2.27. The van der Waals surface area contributed by atoms with E-state index in [1.165, 1.54) is 0 Å². The van der Waals surface area contributed by atoms with Crippen LogP contribution in [0.3, 0.4) is 0 Å². The van der Waals surface area contributed by atoms with E-state index in [0.29, 0.717) is 0 Å². The van der Waals surface area contributed by atoms with Gasteiger partial charge in [0, 0.05) is 13.0 Å². The average molecular weight is 191 g/mol. The summed E-state index contributed by atoms with van der Waals surface area (Å²) in [5.41, 5.74) is 0. The molecule has 0 bridgehead atoms. The highest BCUT2D eigenvalue weighted by Gasteiger charge is 2.19. The van der Waals surface area contributed by atoms with Gasteiger partial charge in [-0.2, -0.15) is 0 Å². The van der Waals surface area contributed by atoms with Gasteiger partial charge in [-0.3, -0.25) is 0 Å². The lowest BCUT2D eigenvalue weighted by molar-refractivity contribution is -0.139. The van der Waals surface area contributed by atoms with E-state index >= 15 is 0 Å². The average Bonchev–Trinajstić information content (AvgIpc) is 2.04. The Morgan fingerprint density at radius 1 is 1.54 bits per heavy atom. The second kappa shape index (κ2) is 6.24. The summed E-state index contributed by atoms with van der Waals surface area (Å²) in [6.07, 6.45) is -0.822. The van der Waals surface area contributed by atoms with Gasteiger partial charge in [0.05, 0.1) is 6.61 Å². The Balaban J connectivity index is 3.94. The molecule has 0 aromatic heterocycles. The minimum Gasteiger partial charge on any atom is -0.480 e. The number of ether oxygens (including phenoxy) is 1. The maximum Gasteiger partial charge on any atom is 0.407 e. The highest BCUT2D eigenvalue weighted by Crippen LogP contribution is 1.92. The number of aliphatic hydroxyl groups excluding tert-OH is 1. The van der Waals surface area contributed by atoms with Crippen LogP contribution >= 0.6 is 0 Å². The van der Waals surface area contributed by atoms with Crippen molar-refractivity contribution >= 4 is 12.1 Å². The summed E-state index contributed by atoms with van der Waals surface area (Å²) in [5, 5.41) is 19.1. The van der Waals surface area contributed by atoms with Crippen molar-refractivity contribution in [2.45, 2.75) is 19.4 Å². The molecule has 0 saturated heterocycles. The van der Waals surface area contributed by atoms with Crippen molar-refractivity contribution in [3.05, 3.63) is 0 Å². The van der Waals surface area contributed by atoms with Gasteiger partial charge in [0.1, 0.15) is 6.04 Å². The minimum absolute atomic E-state index is 0.0336. The van der Waals surface area contributed by atoms with Gasteiger partial charge in [-0.25, -0.2) is 9.59 Å². The Morgan fingerprint density at radius 3 is 2.54 bits per heavy atom. The molecule has 1 amide bonds. The van der Waals surface area contributed by atoms with Crippen LogP contribution in [0.4, 0.5) is 4.79 Å². The molecule has 0 saturated carbocycles. The van der Waals surface area contributed by atoms with Crippen molar-refractivity contribution in [2.24, 2.45) is 0 Å². The molecule has 0 aromatic rings. The van der Waals surface area contributed by atoms with Gasteiger partial charge in [0.2, 0.25) is 0 Å². The zero-order valence-electron chi connectivity index (χ0n) is 7.32. The first-order valence-corrected chi connectivity index (χ1v) is 3.88. The smallest absolute Gasteiger partial charge is 0.407 e. The summed E-state index contributed by atoms with van der Waals surface area (Å²) >= 11 is 0. The molecule has 6 heteroatoms. The highest BCUT2D eigenvalue weighted by atomic mass is 16.5. The van der Waals surface area contributed by atoms with Crippen molar-refractivity contribution < 1.29 is 24.5 Å². The fourth-order valence-corrected chi connectivity index (χ4v) is 0.702. The van der Waals surface area contributed by atoms with Gasteiger partial charge in [-0.1, -0.05) is 0 Å². The summed E-state index contributed by atoms with van der Waals surface area (Å²) in [6, 6.07) is -1.09. The van der Waals surface area contributed by atoms with E-state index in [-0.39, 0.29) is 19.6 Å². The first-order chi connectivity index (χ1) is 6.11. The lowest BCUT2D eigenvalue weighted by atomic mass is 10.2. The summed E-state index contributed by atoms with van der Waals surface area (Å²) in [4.78, 5) is 21.2. The van der Waals surface area contributed by atoms with Crippen LogP contribution in [0, 0.1) is 0 Å². The third-order valence-electron chi connectivity index (χ3n) is 1.28. The van der Waals surface area contributed by atoms with Gasteiger partial charge in [-0.05, 0) is 6.92 Å². The van der Waals surface area contributed by atoms with Gasteiger partial charge >= 0.3 is 12.1 Å². The van der Waals surface area contributed by atoms with Gasteiger partial charge in [0.15, 0.2) is 0 Å². The Hall–Kier alpha value is -1.30. The zero-order chi connectivity index (χ0) is 10.3. The molecule has 0 radical (unpaired) electrons. The minimum atomic E-state index is -1.19. The molecule has 0 aliphatic heterocycles. The van der Waals surface area contributed by atoms with E-state index in [2.05, 4.69) is 10.1 Å². The molecule has 0 unspecified atom stereocenters. The molecule has 13 heavy (non-hydrogen) atoms. The second-order valence-electron chi connectivity index (χ2n) is 2.27. The predicted octanol–water partition coefficient (Wildman–Crippen LogP) is -0.432. The Kier molecular flexibility index (Phi) is 5.62. The van der Waals surface area contributed by atoms with Crippen LogP contribution in [0.15, 0.2) is 0 Å². The summed E-state index contributed by atoms with van der Waals surface area (Å²) < 4.78 is 4.47. The van der Waals surface area contributed by atoms with Crippen LogP contribution in [0.25, 0.3) is 0 Å². The number of carboxylic acids is 1. The first kappa shape index (κ1) is 11.7. The van der Waals surface area contributed by atoms with Crippen molar-refractivity contribution in [3.8, 4) is 0 Å². The van der Waals surface area contributed by atoms with Crippen molar-refractivity contribution in [1.82, 2.24) is 5.32 Å². The third kappa shape index (κ3) is 5.02. The van der Waals surface area contributed by atoms with E-state index in [1.807, 2.05) is 0 Å². The number of carboxylic acid groups (broad SMARTS) is 1. The van der Waals surface area contributed by atoms with Crippen molar-refractivity contribution in [1.29, 1.82) is 0 Å². The molecule has 0 spiro atoms. The first-order valence-electron chi connectivity index (χ1n) is 3.88. The van der Waals surface area contributed by atoms with Crippen LogP contribution in [-0.2, 0) is 9.53 Å². The van der Waals surface area contributed by atoms with E-state index in [4.69, 9.17) is 10.2 Å². The fraction of sp³-hybridized carbons (Fsp3) is 0.714. The zero-order valence-corrected chi connectivity index (χ0v) is 7.32. The number of aliphatic carboxylic acids is 1. The third-order valence-corrected chi connectivity index (χ3v) is 1.28. The number of nitrogens with one attached hydrogen (secondary N) is 1. The number of rotatable bonds is 5. The topological polar surface area (TPSA) is 95.9 Å². The lowest BCUT2D eigenvalue weighted by Gasteiger charge is -2.12. The van der Waals surface area contributed by atoms with E-state index in [0.717, 1.165) is 0 Å². The standard InChI is InChI=1S/C7H13NO5/c1-2-13-7(12)8-5(3-4-9)6(10)11/h5,9H,2-4H2,1H3,(H,8,12)(H,10,11)/t5-/m0/s1. The van der Waals surface area contributed by atoms with Crippen molar-refractivity contribution in [3.63, 3.8) is 0 Å². The number of hydrogen-bond donors (Lipinski definition) is 3. The molecule has 0 aliphatic rings. The van der Waals surface area contributed by atoms with Gasteiger partial charge in [0.25, 0.3) is 0 Å². The number of aliphatic hydroxyl groups is 1. The molecule has 76 valence electrons.